The summed E-state index contributed by atoms with van der Waals surface area (Å²) in [5.74, 6) is 0.597. The van der Waals surface area contributed by atoms with Crippen LogP contribution in [0, 0.1) is 6.92 Å². The summed E-state index contributed by atoms with van der Waals surface area (Å²) >= 11 is 1.58. The van der Waals surface area contributed by atoms with Gasteiger partial charge < -0.3 is 4.90 Å². The van der Waals surface area contributed by atoms with Crippen molar-refractivity contribution in [1.29, 1.82) is 0 Å². The van der Waals surface area contributed by atoms with Crippen molar-refractivity contribution in [2.24, 2.45) is 0 Å². The maximum absolute atomic E-state index is 11.8. The minimum Gasteiger partial charge on any atom is -0.348 e. The second-order valence-corrected chi connectivity index (χ2v) is 7.69. The van der Waals surface area contributed by atoms with Crippen molar-refractivity contribution in [3.8, 4) is 0 Å². The third-order valence-electron chi connectivity index (χ3n) is 4.44. The van der Waals surface area contributed by atoms with Gasteiger partial charge in [-0.05, 0) is 32.4 Å². The molecule has 0 radical (unpaired) electrons. The van der Waals surface area contributed by atoms with Crippen LogP contribution in [0.1, 0.15) is 40.8 Å². The third-order valence-corrected chi connectivity index (χ3v) is 5.33. The number of amides is 1. The summed E-state index contributed by atoms with van der Waals surface area (Å²) < 4.78 is 0. The van der Waals surface area contributed by atoms with Gasteiger partial charge in [0, 0.05) is 44.2 Å². The number of nitrogens with zero attached hydrogens (tertiary/aromatic N) is 4. The molecule has 0 aromatic carbocycles. The summed E-state index contributed by atoms with van der Waals surface area (Å²) in [6, 6.07) is 2.15. The fourth-order valence-corrected chi connectivity index (χ4v) is 3.88. The normalized spacial score (nSPS) is 18.7. The van der Waals surface area contributed by atoms with E-state index in [2.05, 4.69) is 31.5 Å². The van der Waals surface area contributed by atoms with Crippen LogP contribution < -0.4 is 0 Å². The van der Waals surface area contributed by atoms with Gasteiger partial charge in [-0.3, -0.25) is 14.8 Å². The lowest BCUT2D eigenvalue weighted by molar-refractivity contribution is -0.127. The largest absolute Gasteiger partial charge is 0.348 e. The summed E-state index contributed by atoms with van der Waals surface area (Å²) in [5, 5.41) is 10.5. The molecular formula is C17H25N5OS. The Bertz CT molecular complexity index is 693. The Morgan fingerprint density at radius 1 is 1.50 bits per heavy atom. The monoisotopic (exact) mass is 347 g/mol. The van der Waals surface area contributed by atoms with Crippen LogP contribution in [-0.2, 0) is 17.8 Å². The molecule has 3 rings (SSSR count). The van der Waals surface area contributed by atoms with Gasteiger partial charge in [0.1, 0.15) is 5.01 Å². The highest BCUT2D eigenvalue weighted by Gasteiger charge is 2.23. The van der Waals surface area contributed by atoms with Gasteiger partial charge in [-0.25, -0.2) is 4.98 Å². The third kappa shape index (κ3) is 4.21. The predicted molar refractivity (Wildman–Crippen MR) is 95.1 cm³/mol. The number of hydrogen-bond acceptors (Lipinski definition) is 5. The number of hydrogen-bond donors (Lipinski definition) is 1. The van der Waals surface area contributed by atoms with E-state index in [0.29, 0.717) is 12.3 Å². The molecule has 130 valence electrons. The van der Waals surface area contributed by atoms with E-state index >= 15 is 0 Å². The van der Waals surface area contributed by atoms with E-state index in [0.717, 1.165) is 36.0 Å². The number of rotatable bonds is 5. The molecule has 1 amide bonds. The van der Waals surface area contributed by atoms with Crippen LogP contribution in [0.15, 0.2) is 11.4 Å². The lowest BCUT2D eigenvalue weighted by atomic mass is 9.94. The van der Waals surface area contributed by atoms with Crippen molar-refractivity contribution in [2.45, 2.75) is 38.6 Å². The summed E-state index contributed by atoms with van der Waals surface area (Å²) in [6.45, 7) is 5.02. The van der Waals surface area contributed by atoms with E-state index in [1.807, 2.05) is 6.92 Å². The molecule has 0 spiro atoms. The molecule has 1 N–H and O–H groups in total. The van der Waals surface area contributed by atoms with Crippen LogP contribution in [0.5, 0.6) is 0 Å². The van der Waals surface area contributed by atoms with Gasteiger partial charge in [-0.2, -0.15) is 5.10 Å². The SMILES string of the molecule is Cc1cc(C2CCCN(Cc3csc(CC(=O)N(C)C)n3)C2)n[nH]1. The number of aromatic nitrogens is 3. The molecule has 1 fully saturated rings. The van der Waals surface area contributed by atoms with Gasteiger partial charge in [0.15, 0.2) is 0 Å². The van der Waals surface area contributed by atoms with Gasteiger partial charge in [-0.1, -0.05) is 0 Å². The Balaban J connectivity index is 1.57. The van der Waals surface area contributed by atoms with E-state index in [1.165, 1.54) is 18.5 Å². The van der Waals surface area contributed by atoms with Gasteiger partial charge in [-0.15, -0.1) is 11.3 Å². The molecule has 1 saturated heterocycles. The summed E-state index contributed by atoms with van der Waals surface area (Å²) in [6.07, 6.45) is 2.78. The maximum atomic E-state index is 11.8. The highest BCUT2D eigenvalue weighted by atomic mass is 32.1. The topological polar surface area (TPSA) is 65.1 Å². The minimum absolute atomic E-state index is 0.0999. The number of likely N-dealkylation sites (N-methyl/N-ethyl adjacent to an activating group) is 1. The first-order chi connectivity index (χ1) is 11.5. The zero-order chi connectivity index (χ0) is 17.1. The molecule has 1 aliphatic rings. The fourth-order valence-electron chi connectivity index (χ4n) is 3.11. The van der Waals surface area contributed by atoms with Crippen LogP contribution in [-0.4, -0.2) is 58.1 Å². The van der Waals surface area contributed by atoms with Crippen LogP contribution >= 0.6 is 11.3 Å². The number of likely N-dealkylation sites (tertiary alicyclic amines) is 1. The molecule has 2 aromatic heterocycles. The number of carbonyl (C=O) groups is 1. The molecule has 0 saturated carbocycles. The lowest BCUT2D eigenvalue weighted by Gasteiger charge is -2.31. The maximum Gasteiger partial charge on any atom is 0.228 e. The first-order valence-corrected chi connectivity index (χ1v) is 9.27. The Hall–Kier alpha value is -1.73. The Labute approximate surface area is 146 Å². The average Bonchev–Trinajstić information content (AvgIpc) is 3.17. The molecule has 0 aliphatic carbocycles. The summed E-state index contributed by atoms with van der Waals surface area (Å²) in [5.41, 5.74) is 3.37. The van der Waals surface area contributed by atoms with E-state index < -0.39 is 0 Å². The zero-order valence-corrected chi connectivity index (χ0v) is 15.4. The molecule has 6 nitrogen and oxygen atoms in total. The molecule has 2 aromatic rings. The molecule has 1 atom stereocenters. The van der Waals surface area contributed by atoms with Crippen molar-refractivity contribution >= 4 is 17.2 Å². The quantitative estimate of drug-likeness (QED) is 0.900. The van der Waals surface area contributed by atoms with Gasteiger partial charge >= 0.3 is 0 Å². The highest BCUT2D eigenvalue weighted by Crippen LogP contribution is 2.27. The Kier molecular flexibility index (Phi) is 5.30. The number of piperidine rings is 1. The van der Waals surface area contributed by atoms with Crippen LogP contribution in [0.3, 0.4) is 0 Å². The second-order valence-electron chi connectivity index (χ2n) is 6.75. The highest BCUT2D eigenvalue weighted by molar-refractivity contribution is 7.09. The van der Waals surface area contributed by atoms with Crippen molar-refractivity contribution in [2.75, 3.05) is 27.2 Å². The van der Waals surface area contributed by atoms with Crippen LogP contribution in [0.4, 0.5) is 0 Å². The van der Waals surface area contributed by atoms with Crippen molar-refractivity contribution in [3.63, 3.8) is 0 Å². The number of H-pyrrole nitrogens is 1. The van der Waals surface area contributed by atoms with Crippen molar-refractivity contribution < 1.29 is 4.79 Å². The second kappa shape index (κ2) is 7.44. The van der Waals surface area contributed by atoms with Crippen LogP contribution in [0.2, 0.25) is 0 Å². The molecule has 24 heavy (non-hydrogen) atoms. The van der Waals surface area contributed by atoms with E-state index in [4.69, 9.17) is 0 Å². The average molecular weight is 347 g/mol. The zero-order valence-electron chi connectivity index (χ0n) is 14.6. The van der Waals surface area contributed by atoms with Gasteiger partial charge in [0.05, 0.1) is 17.8 Å². The molecule has 1 unspecified atom stereocenters. The first kappa shape index (κ1) is 17.1. The smallest absolute Gasteiger partial charge is 0.228 e. The van der Waals surface area contributed by atoms with E-state index in [9.17, 15) is 4.79 Å². The fraction of sp³-hybridized carbons (Fsp3) is 0.588. The molecule has 1 aliphatic heterocycles. The van der Waals surface area contributed by atoms with Crippen molar-refractivity contribution in [3.05, 3.63) is 33.5 Å². The molecule has 7 heteroatoms. The van der Waals surface area contributed by atoms with E-state index in [-0.39, 0.29) is 5.91 Å². The first-order valence-electron chi connectivity index (χ1n) is 8.39. The molecule has 0 bridgehead atoms. The van der Waals surface area contributed by atoms with Gasteiger partial charge in [0.2, 0.25) is 5.91 Å². The Morgan fingerprint density at radius 2 is 2.33 bits per heavy atom. The number of aryl methyl sites for hydroxylation is 1. The summed E-state index contributed by atoms with van der Waals surface area (Å²) in [4.78, 5) is 20.5. The Morgan fingerprint density at radius 3 is 3.04 bits per heavy atom. The number of thiazole rings is 1. The number of carbonyl (C=O) groups excluding carboxylic acids is 1. The van der Waals surface area contributed by atoms with E-state index in [1.54, 1.807) is 30.3 Å². The van der Waals surface area contributed by atoms with Gasteiger partial charge in [0.25, 0.3) is 0 Å². The number of nitrogens with one attached hydrogen (secondary N) is 1. The number of aromatic amines is 1. The van der Waals surface area contributed by atoms with Crippen LogP contribution in [0.25, 0.3) is 0 Å². The lowest BCUT2D eigenvalue weighted by Crippen LogP contribution is -2.34. The van der Waals surface area contributed by atoms with Crippen molar-refractivity contribution in [1.82, 2.24) is 25.0 Å². The minimum atomic E-state index is 0.0999. The molecule has 3 heterocycles. The standard InChI is InChI=1S/C17H25N5OS/c1-12-7-15(20-19-12)13-5-4-6-22(9-13)10-14-11-24-16(18-14)8-17(23)21(2)3/h7,11,13H,4-6,8-10H2,1-3H3,(H,19,20). The predicted octanol–water partition coefficient (Wildman–Crippen LogP) is 2.18. The molecular weight excluding hydrogens is 322 g/mol. The summed E-state index contributed by atoms with van der Waals surface area (Å²) in [7, 11) is 3.56.